The number of rotatable bonds is 8. The third-order valence-corrected chi connectivity index (χ3v) is 14.2. The van der Waals surface area contributed by atoms with E-state index in [0.29, 0.717) is 33.6 Å². The monoisotopic (exact) mass is 660 g/mol. The maximum atomic E-state index is 9.39. The fourth-order valence-electron chi connectivity index (χ4n) is 9.55. The van der Waals surface area contributed by atoms with E-state index in [1.54, 1.807) is 5.57 Å². The Morgan fingerprint density at radius 2 is 1.98 bits per heavy atom. The fourth-order valence-corrected chi connectivity index (χ4v) is 12.0. The van der Waals surface area contributed by atoms with Gasteiger partial charge in [-0.25, -0.2) is 0 Å². The summed E-state index contributed by atoms with van der Waals surface area (Å²) < 4.78 is 10.8. The first-order valence-corrected chi connectivity index (χ1v) is 18.6. The number of hydrogen-bond acceptors (Lipinski definition) is 3. The van der Waals surface area contributed by atoms with Gasteiger partial charge < -0.3 is 0 Å². The molecule has 0 spiro atoms. The number of ether oxygens (including phenoxy) is 1. The number of fused-ring (bicyclic) bond motifs is 2. The molecule has 2 aliphatic heterocycles. The summed E-state index contributed by atoms with van der Waals surface area (Å²) in [5.41, 5.74) is 4.91. The van der Waals surface area contributed by atoms with Gasteiger partial charge in [0.2, 0.25) is 0 Å². The topological polar surface area (TPSA) is 41.5 Å². The molecule has 5 aliphatic rings. The normalized spacial score (nSPS) is 38.7. The quantitative estimate of drug-likeness (QED) is 0.225. The van der Waals surface area contributed by atoms with Gasteiger partial charge in [0.1, 0.15) is 0 Å². The summed E-state index contributed by atoms with van der Waals surface area (Å²) in [6.45, 7) is 20.9. The molecule has 1 saturated carbocycles. The van der Waals surface area contributed by atoms with Crippen molar-refractivity contribution in [2.24, 2.45) is 34.0 Å². The van der Waals surface area contributed by atoms with E-state index in [0.717, 1.165) is 6.54 Å². The third kappa shape index (κ3) is 5.09. The summed E-state index contributed by atoms with van der Waals surface area (Å²) in [4.78, 5) is 0. The first-order valence-electron chi connectivity index (χ1n) is 16.1. The van der Waals surface area contributed by atoms with E-state index in [1.165, 1.54) is 62.5 Å². The summed E-state index contributed by atoms with van der Waals surface area (Å²) in [5, 5.41) is 12.9. The van der Waals surface area contributed by atoms with Gasteiger partial charge in [-0.1, -0.05) is 0 Å². The molecule has 2 bridgehead atoms. The number of aliphatic hydroxyl groups excluding tert-OH is 1. The molecule has 3 nitrogen and oxygen atoms in total. The Labute approximate surface area is 255 Å². The average molecular weight is 661 g/mol. The predicted octanol–water partition coefficient (Wildman–Crippen LogP) is 4.74. The van der Waals surface area contributed by atoms with Crippen LogP contribution in [0.5, 0.6) is 0 Å². The van der Waals surface area contributed by atoms with Crippen LogP contribution in [0, 0.1) is 34.0 Å². The zero-order valence-corrected chi connectivity index (χ0v) is 28.2. The molecular weight excluding hydrogens is 605 g/mol. The Kier molecular flexibility index (Phi) is 9.05. The summed E-state index contributed by atoms with van der Waals surface area (Å²) in [5.74, 6) is 1.39. The second-order valence-corrected chi connectivity index (χ2v) is 18.2. The van der Waals surface area contributed by atoms with Crippen molar-refractivity contribution in [2.45, 2.75) is 109 Å². The third-order valence-electron chi connectivity index (χ3n) is 11.6. The van der Waals surface area contributed by atoms with E-state index < -0.39 is 0 Å². The second kappa shape index (κ2) is 11.8. The summed E-state index contributed by atoms with van der Waals surface area (Å²) in [7, 11) is 0. The Hall–Kier alpha value is -0.690. The Bertz CT molecular complexity index is 1080. The average Bonchev–Trinajstić information content (AvgIpc) is 2.91. The number of nitrogens with one attached hydrogen (secondary N) is 1. The van der Waals surface area contributed by atoms with Crippen LogP contribution in [0.2, 0.25) is 0 Å². The molecule has 0 radical (unpaired) electrons. The SMILES string of the molecule is C=C[I-]C(C)C12CCCCCC(C)(C)CC3C=CC=C(C3O1)C(C)(C)C1C=C(CNCCO)C=C3CC2(CC)C31. The molecule has 0 aromatic heterocycles. The van der Waals surface area contributed by atoms with Gasteiger partial charge in [0.15, 0.2) is 0 Å². The van der Waals surface area contributed by atoms with Crippen LogP contribution in [-0.4, -0.2) is 40.4 Å². The van der Waals surface area contributed by atoms with Crippen LogP contribution in [0.1, 0.15) is 92.9 Å². The van der Waals surface area contributed by atoms with Crippen LogP contribution < -0.4 is 26.5 Å². The summed E-state index contributed by atoms with van der Waals surface area (Å²) >= 11 is -0.179. The molecule has 3 aliphatic carbocycles. The summed E-state index contributed by atoms with van der Waals surface area (Å²) in [6, 6.07) is 0. The fraction of sp³-hybridized carbons (Fsp3) is 0.722. The maximum absolute atomic E-state index is 9.39. The van der Waals surface area contributed by atoms with Gasteiger partial charge in [-0.05, 0) is 0 Å². The minimum absolute atomic E-state index is 0.00582. The second-order valence-electron chi connectivity index (χ2n) is 14.7. The van der Waals surface area contributed by atoms with E-state index in [4.69, 9.17) is 4.74 Å². The van der Waals surface area contributed by atoms with E-state index in [1.807, 2.05) is 0 Å². The number of alkyl halides is 1. The Morgan fingerprint density at radius 1 is 1.20 bits per heavy atom. The van der Waals surface area contributed by atoms with Crippen LogP contribution in [0.15, 0.2) is 57.8 Å². The Balaban J connectivity index is 1.71. The van der Waals surface area contributed by atoms with Crippen LogP contribution in [0.3, 0.4) is 0 Å². The van der Waals surface area contributed by atoms with Crippen molar-refractivity contribution < 1.29 is 31.0 Å². The Morgan fingerprint density at radius 3 is 2.70 bits per heavy atom. The van der Waals surface area contributed by atoms with Crippen molar-refractivity contribution in [3.05, 3.63) is 57.8 Å². The van der Waals surface area contributed by atoms with Crippen LogP contribution >= 0.6 is 0 Å². The first kappa shape index (κ1) is 30.8. The molecule has 40 heavy (non-hydrogen) atoms. The van der Waals surface area contributed by atoms with Gasteiger partial charge in [0.25, 0.3) is 0 Å². The van der Waals surface area contributed by atoms with E-state index in [9.17, 15) is 5.11 Å². The predicted molar refractivity (Wildman–Crippen MR) is 164 cm³/mol. The van der Waals surface area contributed by atoms with Crippen molar-refractivity contribution in [3.8, 4) is 0 Å². The number of aliphatic hydroxyl groups is 1. The molecular formula is C36H55INO2-. The van der Waals surface area contributed by atoms with Gasteiger partial charge >= 0.3 is 256 Å². The molecule has 2 saturated heterocycles. The molecule has 3 fully saturated rings. The molecule has 0 amide bonds. The zero-order chi connectivity index (χ0) is 28.8. The van der Waals surface area contributed by atoms with Crippen molar-refractivity contribution >= 4 is 0 Å². The van der Waals surface area contributed by atoms with E-state index >= 15 is 0 Å². The molecule has 0 aromatic rings. The van der Waals surface area contributed by atoms with Crippen molar-refractivity contribution in [3.63, 3.8) is 0 Å². The van der Waals surface area contributed by atoms with Crippen molar-refractivity contribution in [1.29, 1.82) is 0 Å². The molecule has 4 heteroatoms. The van der Waals surface area contributed by atoms with Crippen LogP contribution in [-0.2, 0) is 4.74 Å². The molecule has 5 rings (SSSR count). The molecule has 224 valence electrons. The van der Waals surface area contributed by atoms with Gasteiger partial charge in [-0.15, -0.1) is 0 Å². The van der Waals surface area contributed by atoms with Crippen molar-refractivity contribution in [2.75, 3.05) is 19.7 Å². The van der Waals surface area contributed by atoms with Crippen molar-refractivity contribution in [1.82, 2.24) is 5.32 Å². The van der Waals surface area contributed by atoms with Gasteiger partial charge in [0.05, 0.1) is 0 Å². The summed E-state index contributed by atoms with van der Waals surface area (Å²) in [6.07, 6.45) is 22.5. The molecule has 2 heterocycles. The molecule has 2 N–H and O–H groups in total. The number of allylic oxidation sites excluding steroid dienone is 4. The van der Waals surface area contributed by atoms with Crippen LogP contribution in [0.4, 0.5) is 0 Å². The van der Waals surface area contributed by atoms with Gasteiger partial charge in [-0.3, -0.25) is 0 Å². The minimum atomic E-state index is -0.179. The molecule has 0 aromatic carbocycles. The van der Waals surface area contributed by atoms with Crippen LogP contribution in [0.25, 0.3) is 0 Å². The number of halogens is 1. The van der Waals surface area contributed by atoms with E-state index in [2.05, 4.69) is 87.9 Å². The zero-order valence-electron chi connectivity index (χ0n) is 26.1. The van der Waals surface area contributed by atoms with E-state index in [-0.39, 0.29) is 50.3 Å². The first-order chi connectivity index (χ1) is 19.0. The number of hydrogen-bond donors (Lipinski definition) is 2. The standard InChI is InChI=1S/C36H55INO2/c1-8-35-23-28-20-26(24-38-18-19-39)21-30(31(28)35)34(6,7)29-15-13-14-27-22-33(4,5)16-11-10-12-17-36(35,40-32(27)29)25(3)37-9-2/h9,13-15,20-21,25,27,30-32,38-39H,2,8,10-12,16-19,22-24H2,1,3-7H3/q-1. The molecule has 7 unspecified atom stereocenters. The molecule has 7 atom stereocenters. The van der Waals surface area contributed by atoms with Gasteiger partial charge in [0, 0.05) is 0 Å². The van der Waals surface area contributed by atoms with Gasteiger partial charge in [-0.2, -0.15) is 0 Å².